The van der Waals surface area contributed by atoms with E-state index in [0.29, 0.717) is 26.0 Å². The highest BCUT2D eigenvalue weighted by Gasteiger charge is 2.59. The Morgan fingerprint density at radius 1 is 1.16 bits per heavy atom. The van der Waals surface area contributed by atoms with Gasteiger partial charge in [0, 0.05) is 13.0 Å². The number of carbonyl (C=O) groups excluding carboxylic acids is 1. The Morgan fingerprint density at radius 3 is 2.34 bits per heavy atom. The zero-order chi connectivity index (χ0) is 23.9. The molecule has 0 saturated carbocycles. The van der Waals surface area contributed by atoms with Crippen molar-refractivity contribution in [2.24, 2.45) is 0 Å². The molecule has 7 heteroatoms. The maximum atomic E-state index is 16.2. The second-order valence-corrected chi connectivity index (χ2v) is 16.7. The summed E-state index contributed by atoms with van der Waals surface area (Å²) in [6.45, 7) is 17.9. The molecule has 1 aromatic carbocycles. The van der Waals surface area contributed by atoms with Crippen LogP contribution in [0.25, 0.3) is 0 Å². The summed E-state index contributed by atoms with van der Waals surface area (Å²) >= 11 is 0. The van der Waals surface area contributed by atoms with Gasteiger partial charge in [0.25, 0.3) is 0 Å². The van der Waals surface area contributed by atoms with Gasteiger partial charge in [0.2, 0.25) is 5.79 Å². The van der Waals surface area contributed by atoms with Gasteiger partial charge in [-0.05, 0) is 50.9 Å². The van der Waals surface area contributed by atoms with Gasteiger partial charge in [0.1, 0.15) is 5.60 Å². The number of nitrogens with zero attached hydrogens (tertiary/aromatic N) is 2. The topological polar surface area (TPSA) is 42.0 Å². The zero-order valence-corrected chi connectivity index (χ0v) is 22.1. The van der Waals surface area contributed by atoms with Crippen LogP contribution in [0.4, 0.5) is 9.18 Å². The molecule has 3 rings (SSSR count). The van der Waals surface area contributed by atoms with E-state index < -0.39 is 25.8 Å². The van der Waals surface area contributed by atoms with Crippen LogP contribution < -0.4 is 0 Å². The quantitative estimate of drug-likeness (QED) is 0.398. The number of carbonyl (C=O) groups is 1. The predicted octanol–water partition coefficient (Wildman–Crippen LogP) is 5.96. The second kappa shape index (κ2) is 8.73. The van der Waals surface area contributed by atoms with Crippen molar-refractivity contribution in [1.29, 1.82) is 0 Å². The van der Waals surface area contributed by atoms with Gasteiger partial charge in [-0.2, -0.15) is 0 Å². The molecule has 5 nitrogen and oxygen atoms in total. The Bertz CT molecular complexity index is 806. The van der Waals surface area contributed by atoms with E-state index in [1.165, 1.54) is 4.90 Å². The molecule has 0 aromatic heterocycles. The largest absolute Gasteiger partial charge is 0.444 e. The van der Waals surface area contributed by atoms with E-state index in [4.69, 9.17) is 9.16 Å². The van der Waals surface area contributed by atoms with Crippen molar-refractivity contribution < 1.29 is 18.3 Å². The summed E-state index contributed by atoms with van der Waals surface area (Å²) in [7, 11) is -2.00. The fourth-order valence-electron chi connectivity index (χ4n) is 4.44. The van der Waals surface area contributed by atoms with Crippen LogP contribution in [0.3, 0.4) is 0 Å². The highest BCUT2D eigenvalue weighted by molar-refractivity contribution is 6.74. The summed E-state index contributed by atoms with van der Waals surface area (Å²) in [6, 6.07) is 9.79. The van der Waals surface area contributed by atoms with Gasteiger partial charge in [0.15, 0.2) is 8.32 Å². The molecular weight excluding hydrogens is 423 g/mol. The highest BCUT2D eigenvalue weighted by Crippen LogP contribution is 2.45. The number of piperazine rings is 1. The number of rotatable bonds is 5. The zero-order valence-electron chi connectivity index (χ0n) is 21.1. The number of hydrogen-bond donors (Lipinski definition) is 0. The van der Waals surface area contributed by atoms with E-state index in [0.717, 1.165) is 5.56 Å². The molecule has 2 saturated heterocycles. The molecular formula is C25H41FN2O3Si. The molecule has 0 N–H and O–H groups in total. The van der Waals surface area contributed by atoms with Crippen LogP contribution in [0.1, 0.15) is 59.9 Å². The molecule has 1 amide bonds. The van der Waals surface area contributed by atoms with Crippen LogP contribution in [0, 0.1) is 0 Å². The van der Waals surface area contributed by atoms with E-state index in [-0.39, 0.29) is 23.7 Å². The average Bonchev–Trinajstić information content (AvgIpc) is 2.90. The van der Waals surface area contributed by atoms with Crippen LogP contribution >= 0.6 is 0 Å². The van der Waals surface area contributed by atoms with Crippen molar-refractivity contribution >= 4 is 14.4 Å². The van der Waals surface area contributed by atoms with Gasteiger partial charge in [0.05, 0.1) is 25.2 Å². The first-order valence-corrected chi connectivity index (χ1v) is 14.7. The number of fused-ring (bicyclic) bond motifs is 2. The van der Waals surface area contributed by atoms with Crippen LogP contribution in [-0.2, 0) is 15.7 Å². The Labute approximate surface area is 194 Å². The number of ether oxygens (including phenoxy) is 1. The van der Waals surface area contributed by atoms with Crippen molar-refractivity contribution in [2.45, 2.75) is 103 Å². The SMILES string of the molecule is CC(C)(C)OC(=O)N1[C@H]2CC[C@]1(F)CN(Cc1ccccc1)[C@@H]2CO[Si](C)(C)C(C)(C)C. The molecule has 1 aromatic rings. The fraction of sp³-hybridized carbons (Fsp3) is 0.720. The third-order valence-electron chi connectivity index (χ3n) is 7.18. The fourth-order valence-corrected chi connectivity index (χ4v) is 5.46. The van der Waals surface area contributed by atoms with Crippen molar-refractivity contribution in [1.82, 2.24) is 9.80 Å². The Kier molecular flexibility index (Phi) is 6.87. The van der Waals surface area contributed by atoms with Crippen LogP contribution in [0.5, 0.6) is 0 Å². The minimum Gasteiger partial charge on any atom is -0.444 e. The number of hydrogen-bond acceptors (Lipinski definition) is 4. The number of halogens is 1. The smallest absolute Gasteiger partial charge is 0.413 e. The third-order valence-corrected chi connectivity index (χ3v) is 11.7. The lowest BCUT2D eigenvalue weighted by atomic mass is 10.0. The predicted molar refractivity (Wildman–Crippen MR) is 129 cm³/mol. The summed E-state index contributed by atoms with van der Waals surface area (Å²) in [6.07, 6.45) is 0.393. The third kappa shape index (κ3) is 5.37. The lowest BCUT2D eigenvalue weighted by Crippen LogP contribution is -2.67. The molecule has 2 bridgehead atoms. The lowest BCUT2D eigenvalue weighted by molar-refractivity contribution is -0.114. The molecule has 2 fully saturated rings. The van der Waals surface area contributed by atoms with E-state index in [2.05, 4.69) is 50.9 Å². The van der Waals surface area contributed by atoms with Gasteiger partial charge < -0.3 is 9.16 Å². The number of benzene rings is 1. The Morgan fingerprint density at radius 2 is 1.78 bits per heavy atom. The van der Waals surface area contributed by atoms with Gasteiger partial charge in [-0.1, -0.05) is 51.1 Å². The molecule has 0 aliphatic carbocycles. The van der Waals surface area contributed by atoms with E-state index in [1.807, 2.05) is 39.0 Å². The molecule has 2 aliphatic rings. The minimum absolute atomic E-state index is 0.0797. The van der Waals surface area contributed by atoms with Crippen LogP contribution in [0.2, 0.25) is 18.1 Å². The number of alkyl halides is 1. The molecule has 0 spiro atoms. The van der Waals surface area contributed by atoms with Crippen molar-refractivity contribution in [3.05, 3.63) is 35.9 Å². The maximum Gasteiger partial charge on any atom is 0.413 e. The van der Waals surface area contributed by atoms with Crippen molar-refractivity contribution in [3.8, 4) is 0 Å². The Balaban J connectivity index is 1.89. The summed E-state index contributed by atoms with van der Waals surface area (Å²) in [5.74, 6) is -1.71. The van der Waals surface area contributed by atoms with Crippen molar-refractivity contribution in [2.75, 3.05) is 13.2 Å². The number of amides is 1. The second-order valence-electron chi connectivity index (χ2n) is 11.9. The maximum absolute atomic E-state index is 16.2. The lowest BCUT2D eigenvalue weighted by Gasteiger charge is -2.50. The van der Waals surface area contributed by atoms with Crippen molar-refractivity contribution in [3.63, 3.8) is 0 Å². The standard InChI is InChI=1S/C25H41FN2O3Si/c1-23(2,3)31-22(29)28-20-14-15-25(28,26)18-27(16-19-12-10-9-11-13-19)21(20)17-30-32(7,8)24(4,5)6/h9-13,20-21H,14-18H2,1-8H3/t20-,21+,25+/m0/s1. The number of likely N-dealkylation sites (tertiary alicyclic amines) is 1. The Hall–Kier alpha value is -1.44. The van der Waals surface area contributed by atoms with Gasteiger partial charge in [-0.15, -0.1) is 0 Å². The summed E-state index contributed by atoms with van der Waals surface area (Å²) in [5.41, 5.74) is 0.472. The first kappa shape index (κ1) is 25.2. The molecule has 0 radical (unpaired) electrons. The van der Waals surface area contributed by atoms with Crippen LogP contribution in [0.15, 0.2) is 30.3 Å². The summed E-state index contributed by atoms with van der Waals surface area (Å²) in [5, 5.41) is 0.0797. The molecule has 0 unspecified atom stereocenters. The van der Waals surface area contributed by atoms with E-state index in [9.17, 15) is 4.79 Å². The normalized spacial score (nSPS) is 27.0. The molecule has 32 heavy (non-hydrogen) atoms. The highest BCUT2D eigenvalue weighted by atomic mass is 28.4. The summed E-state index contributed by atoms with van der Waals surface area (Å²) in [4.78, 5) is 16.6. The van der Waals surface area contributed by atoms with Gasteiger partial charge in [-0.3, -0.25) is 9.80 Å². The molecule has 2 heterocycles. The van der Waals surface area contributed by atoms with E-state index in [1.54, 1.807) is 0 Å². The monoisotopic (exact) mass is 464 g/mol. The molecule has 3 atom stereocenters. The molecule has 2 aliphatic heterocycles. The average molecular weight is 465 g/mol. The van der Waals surface area contributed by atoms with E-state index >= 15 is 4.39 Å². The first-order valence-electron chi connectivity index (χ1n) is 11.8. The first-order chi connectivity index (χ1) is 14.6. The van der Waals surface area contributed by atoms with Gasteiger partial charge in [-0.25, -0.2) is 9.18 Å². The van der Waals surface area contributed by atoms with Crippen LogP contribution in [-0.4, -0.2) is 60.8 Å². The summed E-state index contributed by atoms with van der Waals surface area (Å²) < 4.78 is 28.4. The minimum atomic E-state index is -2.00. The van der Waals surface area contributed by atoms with Gasteiger partial charge >= 0.3 is 6.09 Å². The molecule has 180 valence electrons.